The van der Waals surface area contributed by atoms with Gasteiger partial charge in [0.2, 0.25) is 0 Å². The summed E-state index contributed by atoms with van der Waals surface area (Å²) in [5, 5.41) is 39.5. The van der Waals surface area contributed by atoms with Crippen LogP contribution < -0.4 is 5.73 Å². The number of amides is 1. The Kier molecular flexibility index (Phi) is 5.72. The minimum absolute atomic E-state index is 0.157. The van der Waals surface area contributed by atoms with Gasteiger partial charge in [-0.15, -0.1) is 0 Å². The van der Waals surface area contributed by atoms with E-state index >= 15 is 0 Å². The molecule has 0 aliphatic carbocycles. The van der Waals surface area contributed by atoms with E-state index < -0.39 is 51.6 Å². The molecule has 0 saturated carbocycles. The van der Waals surface area contributed by atoms with Gasteiger partial charge in [-0.3, -0.25) is 25.0 Å². The number of hydrogen-bond acceptors (Lipinski definition) is 8. The van der Waals surface area contributed by atoms with Crippen molar-refractivity contribution in [1.82, 2.24) is 4.90 Å². The molecule has 4 N–H and O–H groups in total. The summed E-state index contributed by atoms with van der Waals surface area (Å²) in [5.41, 5.74) is 3.19. The Bertz CT molecular complexity index is 598. The molecular weight excluding hydrogens is 300 g/mol. The maximum atomic E-state index is 12.3. The van der Waals surface area contributed by atoms with E-state index in [1.165, 1.54) is 0 Å². The molecule has 1 rings (SSSR count). The number of nitro groups is 2. The molecule has 0 heterocycles. The number of nitrogen functional groups attached to an aromatic ring is 1. The second kappa shape index (κ2) is 7.28. The molecular formula is C11H14N4O7. The van der Waals surface area contributed by atoms with E-state index in [1.807, 2.05) is 0 Å². The highest BCUT2D eigenvalue weighted by atomic mass is 16.6. The fourth-order valence-corrected chi connectivity index (χ4v) is 1.78. The quantitative estimate of drug-likeness (QED) is 0.343. The first-order valence-corrected chi connectivity index (χ1v) is 6.06. The molecule has 120 valence electrons. The van der Waals surface area contributed by atoms with E-state index in [9.17, 15) is 25.0 Å². The molecule has 0 aromatic heterocycles. The first-order valence-electron chi connectivity index (χ1n) is 6.06. The Morgan fingerprint density at radius 2 is 1.68 bits per heavy atom. The Balaban J connectivity index is 3.40. The fourth-order valence-electron chi connectivity index (χ4n) is 1.78. The van der Waals surface area contributed by atoms with Crippen LogP contribution in [0.25, 0.3) is 0 Å². The van der Waals surface area contributed by atoms with Crippen LogP contribution in [0.15, 0.2) is 12.1 Å². The molecule has 0 saturated heterocycles. The molecule has 22 heavy (non-hydrogen) atoms. The van der Waals surface area contributed by atoms with Gasteiger partial charge in [-0.2, -0.15) is 0 Å². The zero-order valence-corrected chi connectivity index (χ0v) is 11.3. The topological polar surface area (TPSA) is 173 Å². The molecule has 0 aliphatic heterocycles. The van der Waals surface area contributed by atoms with Crippen molar-refractivity contribution in [2.75, 3.05) is 32.0 Å². The van der Waals surface area contributed by atoms with Crippen LogP contribution in [0.4, 0.5) is 17.1 Å². The number of nitrogens with two attached hydrogens (primary N) is 1. The van der Waals surface area contributed by atoms with Crippen molar-refractivity contribution in [3.05, 3.63) is 37.9 Å². The molecule has 1 aromatic carbocycles. The van der Waals surface area contributed by atoms with Gasteiger partial charge in [0.25, 0.3) is 17.3 Å². The van der Waals surface area contributed by atoms with Crippen LogP contribution in [-0.4, -0.2) is 57.2 Å². The first kappa shape index (κ1) is 17.3. The molecule has 0 atom stereocenters. The van der Waals surface area contributed by atoms with E-state index in [1.54, 1.807) is 0 Å². The number of non-ortho nitro benzene ring substituents is 1. The summed E-state index contributed by atoms with van der Waals surface area (Å²) in [6.45, 7) is -1.14. The maximum absolute atomic E-state index is 12.3. The Labute approximate surface area is 123 Å². The number of carbonyl (C=O) groups is 1. The molecule has 0 bridgehead atoms. The largest absolute Gasteiger partial charge is 0.395 e. The summed E-state index contributed by atoms with van der Waals surface area (Å²) >= 11 is 0. The lowest BCUT2D eigenvalue weighted by atomic mass is 10.1. The van der Waals surface area contributed by atoms with E-state index in [-0.39, 0.29) is 13.1 Å². The number of benzene rings is 1. The zero-order valence-electron chi connectivity index (χ0n) is 11.3. The molecule has 0 spiro atoms. The third kappa shape index (κ3) is 3.65. The number of anilines is 1. The van der Waals surface area contributed by atoms with Crippen molar-refractivity contribution in [3.63, 3.8) is 0 Å². The number of hydrogen-bond donors (Lipinski definition) is 3. The van der Waals surface area contributed by atoms with Crippen LogP contribution in [0.2, 0.25) is 0 Å². The van der Waals surface area contributed by atoms with Gasteiger partial charge in [0.05, 0.1) is 34.7 Å². The standard InChI is InChI=1S/C11H14N4O7/c12-10-8(11(18)13(1-3-16)2-4-17)5-7(14(19)20)6-9(10)15(21)22/h5-6,16-17H,1-4,12H2. The van der Waals surface area contributed by atoms with Gasteiger partial charge in [-0.1, -0.05) is 0 Å². The molecule has 1 aromatic rings. The van der Waals surface area contributed by atoms with Crippen LogP contribution in [0.3, 0.4) is 0 Å². The average molecular weight is 314 g/mol. The third-order valence-corrected chi connectivity index (χ3v) is 2.81. The van der Waals surface area contributed by atoms with Crippen molar-refractivity contribution in [2.24, 2.45) is 0 Å². The molecule has 11 heteroatoms. The van der Waals surface area contributed by atoms with Gasteiger partial charge in [-0.05, 0) is 0 Å². The van der Waals surface area contributed by atoms with Gasteiger partial charge in [0, 0.05) is 19.2 Å². The van der Waals surface area contributed by atoms with Crippen molar-refractivity contribution in [2.45, 2.75) is 0 Å². The number of aliphatic hydroxyl groups excluding tert-OH is 2. The highest BCUT2D eigenvalue weighted by Crippen LogP contribution is 2.31. The van der Waals surface area contributed by atoms with Crippen molar-refractivity contribution in [3.8, 4) is 0 Å². The van der Waals surface area contributed by atoms with E-state index in [0.717, 1.165) is 11.0 Å². The number of nitrogens with zero attached hydrogens (tertiary/aromatic N) is 3. The van der Waals surface area contributed by atoms with E-state index in [2.05, 4.69) is 0 Å². The summed E-state index contributed by atoms with van der Waals surface area (Å²) in [6.07, 6.45) is 0. The van der Waals surface area contributed by atoms with Crippen LogP contribution in [-0.2, 0) is 0 Å². The number of nitro benzene ring substituents is 2. The number of aliphatic hydroxyl groups is 2. The van der Waals surface area contributed by atoms with Crippen LogP contribution >= 0.6 is 0 Å². The summed E-state index contributed by atoms with van der Waals surface area (Å²) in [6, 6.07) is 1.49. The normalized spacial score (nSPS) is 10.3. The van der Waals surface area contributed by atoms with Crippen molar-refractivity contribution >= 4 is 23.0 Å². The first-order chi connectivity index (χ1) is 10.3. The highest BCUT2D eigenvalue weighted by molar-refractivity contribution is 6.01. The Morgan fingerprint density at radius 3 is 2.09 bits per heavy atom. The molecule has 0 unspecified atom stereocenters. The molecule has 0 radical (unpaired) electrons. The predicted octanol–water partition coefficient (Wildman–Crippen LogP) is -0.488. The number of carbonyl (C=O) groups excluding carboxylic acids is 1. The lowest BCUT2D eigenvalue weighted by Gasteiger charge is -2.21. The average Bonchev–Trinajstić information content (AvgIpc) is 2.46. The molecule has 0 fully saturated rings. The van der Waals surface area contributed by atoms with Crippen molar-refractivity contribution < 1.29 is 24.9 Å². The predicted molar refractivity (Wildman–Crippen MR) is 74.2 cm³/mol. The van der Waals surface area contributed by atoms with Gasteiger partial charge < -0.3 is 20.8 Å². The van der Waals surface area contributed by atoms with E-state index in [0.29, 0.717) is 6.07 Å². The third-order valence-electron chi connectivity index (χ3n) is 2.81. The summed E-state index contributed by atoms with van der Waals surface area (Å²) in [5.74, 6) is -0.854. The van der Waals surface area contributed by atoms with E-state index in [4.69, 9.17) is 15.9 Å². The minimum atomic E-state index is -0.929. The minimum Gasteiger partial charge on any atom is -0.395 e. The lowest BCUT2D eigenvalue weighted by Crippen LogP contribution is -2.36. The van der Waals surface area contributed by atoms with Gasteiger partial charge >= 0.3 is 0 Å². The monoisotopic (exact) mass is 314 g/mol. The lowest BCUT2D eigenvalue weighted by molar-refractivity contribution is -0.393. The second-order valence-corrected chi connectivity index (χ2v) is 4.18. The molecule has 1 amide bonds. The van der Waals surface area contributed by atoms with Crippen LogP contribution in [0, 0.1) is 20.2 Å². The summed E-state index contributed by atoms with van der Waals surface area (Å²) in [7, 11) is 0. The molecule has 11 nitrogen and oxygen atoms in total. The fraction of sp³-hybridized carbons (Fsp3) is 0.364. The smallest absolute Gasteiger partial charge is 0.299 e. The van der Waals surface area contributed by atoms with Crippen molar-refractivity contribution in [1.29, 1.82) is 0 Å². The molecule has 0 aliphatic rings. The summed E-state index contributed by atoms with van der Waals surface area (Å²) < 4.78 is 0. The Morgan fingerprint density at radius 1 is 1.14 bits per heavy atom. The van der Waals surface area contributed by atoms with Gasteiger partial charge in [-0.25, -0.2) is 0 Å². The van der Waals surface area contributed by atoms with Gasteiger partial charge in [0.15, 0.2) is 0 Å². The number of rotatable bonds is 7. The van der Waals surface area contributed by atoms with Gasteiger partial charge in [0.1, 0.15) is 5.69 Å². The maximum Gasteiger partial charge on any atom is 0.299 e. The van der Waals surface area contributed by atoms with Crippen LogP contribution in [0.5, 0.6) is 0 Å². The second-order valence-electron chi connectivity index (χ2n) is 4.18. The SMILES string of the molecule is Nc1c(C(=O)N(CCO)CCO)cc([N+](=O)[O-])cc1[N+](=O)[O-]. The highest BCUT2D eigenvalue weighted by Gasteiger charge is 2.27. The Hall–Kier alpha value is -2.79. The summed E-state index contributed by atoms with van der Waals surface area (Å²) in [4.78, 5) is 33.2. The van der Waals surface area contributed by atoms with Crippen LogP contribution in [0.1, 0.15) is 10.4 Å². The zero-order chi connectivity index (χ0) is 16.9.